The maximum Gasteiger partial charge on any atom is 0.179 e. The van der Waals surface area contributed by atoms with Crippen molar-refractivity contribution in [3.8, 4) is 0 Å². The van der Waals surface area contributed by atoms with Crippen LogP contribution in [0.3, 0.4) is 0 Å². The molecule has 5 nitrogen and oxygen atoms in total. The van der Waals surface area contributed by atoms with Gasteiger partial charge in [0.2, 0.25) is 0 Å². The fraction of sp³-hybridized carbons (Fsp3) is 0.455. The molecule has 1 aromatic carbocycles. The Bertz CT molecular complexity index is 1010. The van der Waals surface area contributed by atoms with Crippen molar-refractivity contribution in [3.05, 3.63) is 47.4 Å². The standard InChI is InChI=1S/C22H26ClN5/c1-15(2)11-12-27-19-9-10-20(23)24-22(19)25-21(27)13-26-14-28(16-7-8-16)18-6-4-3-5-17(18)26/h3-6,9-10,15-16H,7-8,11-14H2,1-2H3. The summed E-state index contributed by atoms with van der Waals surface area (Å²) in [5.74, 6) is 1.71. The highest BCUT2D eigenvalue weighted by atomic mass is 35.5. The number of pyridine rings is 1. The lowest BCUT2D eigenvalue weighted by molar-refractivity contribution is 0.510. The van der Waals surface area contributed by atoms with Crippen LogP contribution in [0.25, 0.3) is 11.2 Å². The second kappa shape index (κ2) is 6.96. The van der Waals surface area contributed by atoms with Gasteiger partial charge in [0.05, 0.1) is 30.1 Å². The lowest BCUT2D eigenvalue weighted by Crippen LogP contribution is -2.32. The first-order valence-electron chi connectivity index (χ1n) is 10.2. The van der Waals surface area contributed by atoms with Gasteiger partial charge in [-0.05, 0) is 49.4 Å². The number of nitrogens with zero attached hydrogens (tertiary/aromatic N) is 5. The molecule has 0 radical (unpaired) electrons. The van der Waals surface area contributed by atoms with Crippen LogP contribution in [-0.4, -0.2) is 27.2 Å². The number of aryl methyl sites for hydroxylation is 1. The number of hydrogen-bond acceptors (Lipinski definition) is 4. The predicted octanol–water partition coefficient (Wildman–Crippen LogP) is 5.08. The molecule has 1 aliphatic heterocycles. The van der Waals surface area contributed by atoms with Gasteiger partial charge in [-0.25, -0.2) is 9.97 Å². The maximum absolute atomic E-state index is 6.13. The minimum absolute atomic E-state index is 0.499. The predicted molar refractivity (Wildman–Crippen MR) is 115 cm³/mol. The fourth-order valence-electron chi connectivity index (χ4n) is 4.11. The molecule has 2 aliphatic rings. The number of hydrogen-bond donors (Lipinski definition) is 0. The smallest absolute Gasteiger partial charge is 0.179 e. The zero-order chi connectivity index (χ0) is 19.3. The minimum atomic E-state index is 0.499. The average molecular weight is 396 g/mol. The van der Waals surface area contributed by atoms with Crippen LogP contribution >= 0.6 is 11.6 Å². The molecular weight excluding hydrogens is 370 g/mol. The van der Waals surface area contributed by atoms with Crippen LogP contribution < -0.4 is 9.80 Å². The van der Waals surface area contributed by atoms with Crippen molar-refractivity contribution in [2.24, 2.45) is 5.92 Å². The van der Waals surface area contributed by atoms with Crippen molar-refractivity contribution in [2.75, 3.05) is 16.5 Å². The lowest BCUT2D eigenvalue weighted by atomic mass is 10.1. The van der Waals surface area contributed by atoms with E-state index in [0.29, 0.717) is 17.1 Å². The molecule has 146 valence electrons. The highest BCUT2D eigenvalue weighted by Crippen LogP contribution is 2.42. The molecule has 0 saturated heterocycles. The summed E-state index contributed by atoms with van der Waals surface area (Å²) in [4.78, 5) is 14.3. The first-order chi connectivity index (χ1) is 13.6. The van der Waals surface area contributed by atoms with Crippen LogP contribution in [0.15, 0.2) is 36.4 Å². The first kappa shape index (κ1) is 17.8. The van der Waals surface area contributed by atoms with Crippen LogP contribution in [0, 0.1) is 5.92 Å². The number of benzene rings is 1. The quantitative estimate of drug-likeness (QED) is 0.545. The number of fused-ring (bicyclic) bond motifs is 2. The van der Waals surface area contributed by atoms with Crippen LogP contribution in [0.4, 0.5) is 11.4 Å². The zero-order valence-corrected chi connectivity index (χ0v) is 17.2. The molecular formula is C22H26ClN5. The summed E-state index contributed by atoms with van der Waals surface area (Å²) in [6.45, 7) is 7.20. The molecule has 0 amide bonds. The summed E-state index contributed by atoms with van der Waals surface area (Å²) >= 11 is 6.13. The summed E-state index contributed by atoms with van der Waals surface area (Å²) in [7, 11) is 0. The van der Waals surface area contributed by atoms with Gasteiger partial charge in [0.15, 0.2) is 5.65 Å². The normalized spacial score (nSPS) is 16.4. The molecule has 0 bridgehead atoms. The van der Waals surface area contributed by atoms with Crippen LogP contribution in [0.1, 0.15) is 38.9 Å². The molecule has 1 aliphatic carbocycles. The molecule has 2 aromatic heterocycles. The van der Waals surface area contributed by atoms with Gasteiger partial charge in [-0.1, -0.05) is 37.6 Å². The van der Waals surface area contributed by atoms with Crippen LogP contribution in [0.5, 0.6) is 0 Å². The molecule has 1 fully saturated rings. The van der Waals surface area contributed by atoms with Crippen molar-refractivity contribution in [1.29, 1.82) is 0 Å². The van der Waals surface area contributed by atoms with Gasteiger partial charge in [-0.15, -0.1) is 0 Å². The summed E-state index contributed by atoms with van der Waals surface area (Å²) in [5.41, 5.74) is 4.49. The summed E-state index contributed by atoms with van der Waals surface area (Å²) in [6, 6.07) is 13.4. The molecule has 0 spiro atoms. The van der Waals surface area contributed by atoms with Gasteiger partial charge >= 0.3 is 0 Å². The van der Waals surface area contributed by atoms with Crippen molar-refractivity contribution >= 4 is 34.1 Å². The van der Waals surface area contributed by atoms with Crippen LogP contribution in [-0.2, 0) is 13.1 Å². The fourth-order valence-corrected chi connectivity index (χ4v) is 4.25. The molecule has 3 aromatic rings. The third kappa shape index (κ3) is 3.22. The molecule has 5 rings (SSSR count). The van der Waals surface area contributed by atoms with Crippen molar-refractivity contribution < 1.29 is 0 Å². The van der Waals surface area contributed by atoms with Crippen LogP contribution in [0.2, 0.25) is 5.15 Å². The van der Waals surface area contributed by atoms with E-state index < -0.39 is 0 Å². The van der Waals surface area contributed by atoms with Gasteiger partial charge in [-0.2, -0.15) is 0 Å². The van der Waals surface area contributed by atoms with E-state index in [1.165, 1.54) is 24.2 Å². The summed E-state index contributed by atoms with van der Waals surface area (Å²) < 4.78 is 2.33. The Labute approximate surface area is 170 Å². The Balaban J connectivity index is 1.50. The Morgan fingerprint density at radius 1 is 1.07 bits per heavy atom. The van der Waals surface area contributed by atoms with E-state index in [2.05, 4.69) is 63.5 Å². The largest absolute Gasteiger partial charge is 0.349 e. The van der Waals surface area contributed by atoms with Crippen molar-refractivity contribution in [1.82, 2.24) is 14.5 Å². The highest BCUT2D eigenvalue weighted by molar-refractivity contribution is 6.29. The Kier molecular flexibility index (Phi) is 4.43. The lowest BCUT2D eigenvalue weighted by Gasteiger charge is -2.22. The number of rotatable bonds is 6. The minimum Gasteiger partial charge on any atom is -0.349 e. The molecule has 3 heterocycles. The number of imidazole rings is 1. The van der Waals surface area contributed by atoms with Gasteiger partial charge in [0, 0.05) is 12.6 Å². The van der Waals surface area contributed by atoms with Crippen molar-refractivity contribution in [3.63, 3.8) is 0 Å². The van der Waals surface area contributed by atoms with Gasteiger partial charge in [-0.3, -0.25) is 0 Å². The number of anilines is 2. The van der Waals surface area contributed by atoms with E-state index in [1.54, 1.807) is 0 Å². The van der Waals surface area contributed by atoms with Gasteiger partial charge < -0.3 is 14.4 Å². The molecule has 0 N–H and O–H groups in total. The topological polar surface area (TPSA) is 37.2 Å². The van der Waals surface area contributed by atoms with Crippen molar-refractivity contribution in [2.45, 2.75) is 52.2 Å². The summed E-state index contributed by atoms with van der Waals surface area (Å²) in [6.07, 6.45) is 3.72. The second-order valence-electron chi connectivity index (χ2n) is 8.37. The monoisotopic (exact) mass is 395 g/mol. The molecule has 1 saturated carbocycles. The summed E-state index contributed by atoms with van der Waals surface area (Å²) in [5, 5.41) is 0.499. The number of aromatic nitrogens is 3. The first-order valence-corrected chi connectivity index (χ1v) is 10.6. The Hall–Kier alpha value is -2.27. The average Bonchev–Trinajstić information content (AvgIpc) is 3.38. The zero-order valence-electron chi connectivity index (χ0n) is 16.5. The van der Waals surface area contributed by atoms with E-state index in [0.717, 1.165) is 43.2 Å². The Morgan fingerprint density at radius 3 is 2.61 bits per heavy atom. The SMILES string of the molecule is CC(C)CCn1c(CN2CN(C3CC3)c3ccccc32)nc2nc(Cl)ccc21. The van der Waals surface area contributed by atoms with E-state index in [1.807, 2.05) is 6.07 Å². The van der Waals surface area contributed by atoms with Gasteiger partial charge in [0.1, 0.15) is 11.0 Å². The maximum atomic E-state index is 6.13. The second-order valence-corrected chi connectivity index (χ2v) is 8.76. The molecule has 28 heavy (non-hydrogen) atoms. The third-order valence-electron chi connectivity index (χ3n) is 5.76. The van der Waals surface area contributed by atoms with E-state index >= 15 is 0 Å². The van der Waals surface area contributed by atoms with E-state index in [9.17, 15) is 0 Å². The highest BCUT2D eigenvalue weighted by Gasteiger charge is 2.36. The number of halogens is 1. The van der Waals surface area contributed by atoms with Gasteiger partial charge in [0.25, 0.3) is 0 Å². The third-order valence-corrected chi connectivity index (χ3v) is 5.97. The Morgan fingerprint density at radius 2 is 1.86 bits per heavy atom. The van der Waals surface area contributed by atoms with E-state index in [-0.39, 0.29) is 0 Å². The molecule has 0 unspecified atom stereocenters. The van der Waals surface area contributed by atoms with E-state index in [4.69, 9.17) is 16.6 Å². The molecule has 6 heteroatoms. The number of para-hydroxylation sites is 2. The molecule has 0 atom stereocenters.